The first-order chi connectivity index (χ1) is 6.74. The molecule has 0 aliphatic carbocycles. The second kappa shape index (κ2) is 6.20. The summed E-state index contributed by atoms with van der Waals surface area (Å²) in [6.45, 7) is 9.16. The van der Waals surface area contributed by atoms with Gasteiger partial charge < -0.3 is 10.2 Å². The lowest BCUT2D eigenvalue weighted by molar-refractivity contribution is 0.349. The molecule has 2 nitrogen and oxygen atoms in total. The van der Waals surface area contributed by atoms with Gasteiger partial charge >= 0.3 is 0 Å². The number of unbranched alkanes of at least 4 members (excludes halogenated alkanes) is 2. The van der Waals surface area contributed by atoms with Gasteiger partial charge in [-0.3, -0.25) is 0 Å². The fraction of sp³-hybridized carbons (Fsp3) is 0.833. The average Bonchev–Trinajstić information content (AvgIpc) is 2.00. The standard InChI is InChI=1S/C12H24N2/c1-4-5-6-7-14(3)10-11(2)12-8-13-9-12/h13H,4-10H2,1-3H3. The van der Waals surface area contributed by atoms with E-state index in [1.54, 1.807) is 11.1 Å². The van der Waals surface area contributed by atoms with Crippen LogP contribution >= 0.6 is 0 Å². The Morgan fingerprint density at radius 3 is 2.57 bits per heavy atom. The monoisotopic (exact) mass is 196 g/mol. The van der Waals surface area contributed by atoms with Crippen LogP contribution in [0.1, 0.15) is 33.1 Å². The highest BCUT2D eigenvalue weighted by Gasteiger charge is 2.11. The Morgan fingerprint density at radius 2 is 2.07 bits per heavy atom. The molecule has 1 rings (SSSR count). The maximum atomic E-state index is 3.29. The first-order valence-electron chi connectivity index (χ1n) is 5.80. The smallest absolute Gasteiger partial charge is 0.0190 e. The number of nitrogens with one attached hydrogen (secondary N) is 1. The second-order valence-corrected chi connectivity index (χ2v) is 4.43. The maximum Gasteiger partial charge on any atom is 0.0190 e. The summed E-state index contributed by atoms with van der Waals surface area (Å²) in [6, 6.07) is 0. The van der Waals surface area contributed by atoms with Crippen LogP contribution in [0.2, 0.25) is 0 Å². The van der Waals surface area contributed by atoms with Gasteiger partial charge in [0.15, 0.2) is 0 Å². The zero-order chi connectivity index (χ0) is 10.4. The van der Waals surface area contributed by atoms with Crippen LogP contribution in [-0.4, -0.2) is 38.1 Å². The summed E-state index contributed by atoms with van der Waals surface area (Å²) in [4.78, 5) is 2.44. The van der Waals surface area contributed by atoms with Crippen LogP contribution in [0.5, 0.6) is 0 Å². The molecule has 0 atom stereocenters. The van der Waals surface area contributed by atoms with Gasteiger partial charge in [0.05, 0.1) is 0 Å². The molecular weight excluding hydrogens is 172 g/mol. The van der Waals surface area contributed by atoms with Crippen LogP contribution in [0.25, 0.3) is 0 Å². The second-order valence-electron chi connectivity index (χ2n) is 4.43. The average molecular weight is 196 g/mol. The van der Waals surface area contributed by atoms with Crippen LogP contribution in [0.15, 0.2) is 11.1 Å². The molecule has 1 aliphatic heterocycles. The third-order valence-corrected chi connectivity index (χ3v) is 2.93. The van der Waals surface area contributed by atoms with Gasteiger partial charge in [-0.05, 0) is 32.5 Å². The van der Waals surface area contributed by atoms with Crippen LogP contribution in [0.4, 0.5) is 0 Å². The van der Waals surface area contributed by atoms with Crippen molar-refractivity contribution in [2.75, 3.05) is 33.2 Å². The lowest BCUT2D eigenvalue weighted by Crippen LogP contribution is -2.36. The van der Waals surface area contributed by atoms with Crippen molar-refractivity contribution in [3.05, 3.63) is 11.1 Å². The molecule has 0 radical (unpaired) electrons. The molecule has 1 aliphatic rings. The molecule has 0 aromatic heterocycles. The van der Waals surface area contributed by atoms with Crippen LogP contribution in [0, 0.1) is 0 Å². The minimum atomic E-state index is 1.12. The number of hydrogen-bond acceptors (Lipinski definition) is 2. The molecule has 2 heteroatoms. The summed E-state index contributed by atoms with van der Waals surface area (Å²) < 4.78 is 0. The molecule has 0 bridgehead atoms. The van der Waals surface area contributed by atoms with Gasteiger partial charge in [0.25, 0.3) is 0 Å². The Bertz CT molecular complexity index is 190. The fourth-order valence-corrected chi connectivity index (χ4v) is 1.78. The molecule has 1 saturated heterocycles. The predicted octanol–water partition coefficient (Wildman–Crippen LogP) is 2.03. The van der Waals surface area contributed by atoms with Crippen molar-refractivity contribution in [1.29, 1.82) is 0 Å². The first-order valence-corrected chi connectivity index (χ1v) is 5.80. The molecule has 0 unspecified atom stereocenters. The van der Waals surface area contributed by atoms with Crippen LogP contribution in [0.3, 0.4) is 0 Å². The van der Waals surface area contributed by atoms with E-state index in [4.69, 9.17) is 0 Å². The third-order valence-electron chi connectivity index (χ3n) is 2.93. The van der Waals surface area contributed by atoms with Crippen molar-refractivity contribution in [1.82, 2.24) is 10.2 Å². The van der Waals surface area contributed by atoms with Gasteiger partial charge in [0.1, 0.15) is 0 Å². The normalized spacial score (nSPS) is 15.9. The number of hydrogen-bond donors (Lipinski definition) is 1. The Labute approximate surface area is 88.4 Å². The minimum Gasteiger partial charge on any atom is -0.309 e. The summed E-state index contributed by atoms with van der Waals surface area (Å²) in [7, 11) is 2.23. The van der Waals surface area contributed by atoms with Gasteiger partial charge in [-0.15, -0.1) is 0 Å². The zero-order valence-corrected chi connectivity index (χ0v) is 9.90. The maximum absolute atomic E-state index is 3.29. The minimum absolute atomic E-state index is 1.12. The highest BCUT2D eigenvalue weighted by Crippen LogP contribution is 2.10. The highest BCUT2D eigenvalue weighted by atomic mass is 15.1. The van der Waals surface area contributed by atoms with Gasteiger partial charge in [0, 0.05) is 19.6 Å². The SMILES string of the molecule is CCCCCN(C)CC(C)=C1CNC1. The van der Waals surface area contributed by atoms with E-state index in [1.807, 2.05) is 0 Å². The molecule has 0 saturated carbocycles. The Kier molecular flexibility index (Phi) is 5.20. The van der Waals surface area contributed by atoms with E-state index in [0.717, 1.165) is 19.6 Å². The largest absolute Gasteiger partial charge is 0.309 e. The summed E-state index contributed by atoms with van der Waals surface area (Å²) >= 11 is 0. The Morgan fingerprint density at radius 1 is 1.36 bits per heavy atom. The molecule has 1 fully saturated rings. The van der Waals surface area contributed by atoms with Gasteiger partial charge in [0.2, 0.25) is 0 Å². The summed E-state index contributed by atoms with van der Waals surface area (Å²) in [6.07, 6.45) is 4.02. The topological polar surface area (TPSA) is 15.3 Å². The van der Waals surface area contributed by atoms with E-state index in [1.165, 1.54) is 25.8 Å². The molecule has 0 spiro atoms. The van der Waals surface area contributed by atoms with E-state index in [0.29, 0.717) is 0 Å². The molecule has 0 amide bonds. The van der Waals surface area contributed by atoms with E-state index in [-0.39, 0.29) is 0 Å². The Balaban J connectivity index is 2.15. The summed E-state index contributed by atoms with van der Waals surface area (Å²) in [5.74, 6) is 0. The molecule has 0 aromatic rings. The quantitative estimate of drug-likeness (QED) is 0.516. The molecule has 82 valence electrons. The van der Waals surface area contributed by atoms with E-state index in [2.05, 4.69) is 31.1 Å². The Hall–Kier alpha value is -0.340. The lowest BCUT2D eigenvalue weighted by Gasteiger charge is -2.25. The van der Waals surface area contributed by atoms with Crippen molar-refractivity contribution >= 4 is 0 Å². The molecule has 1 heterocycles. The van der Waals surface area contributed by atoms with Crippen molar-refractivity contribution in [2.45, 2.75) is 33.1 Å². The van der Waals surface area contributed by atoms with Gasteiger partial charge in [-0.1, -0.05) is 25.3 Å². The van der Waals surface area contributed by atoms with Crippen molar-refractivity contribution in [3.8, 4) is 0 Å². The predicted molar refractivity (Wildman–Crippen MR) is 62.6 cm³/mol. The lowest BCUT2D eigenvalue weighted by atomic mass is 10.0. The van der Waals surface area contributed by atoms with Crippen molar-refractivity contribution < 1.29 is 0 Å². The summed E-state index contributed by atoms with van der Waals surface area (Å²) in [5.41, 5.74) is 3.19. The number of likely N-dealkylation sites (N-methyl/N-ethyl adjacent to an activating group) is 1. The highest BCUT2D eigenvalue weighted by molar-refractivity contribution is 5.22. The molecule has 14 heavy (non-hydrogen) atoms. The van der Waals surface area contributed by atoms with Crippen molar-refractivity contribution in [2.24, 2.45) is 0 Å². The molecule has 1 N–H and O–H groups in total. The number of nitrogens with zero attached hydrogens (tertiary/aromatic N) is 1. The molecule has 0 aromatic carbocycles. The number of rotatable bonds is 6. The van der Waals surface area contributed by atoms with Crippen LogP contribution < -0.4 is 5.32 Å². The van der Waals surface area contributed by atoms with Gasteiger partial charge in [-0.2, -0.15) is 0 Å². The zero-order valence-electron chi connectivity index (χ0n) is 9.90. The van der Waals surface area contributed by atoms with Crippen molar-refractivity contribution in [3.63, 3.8) is 0 Å². The van der Waals surface area contributed by atoms with Gasteiger partial charge in [-0.25, -0.2) is 0 Å². The summed E-state index contributed by atoms with van der Waals surface area (Å²) in [5, 5.41) is 3.29. The van der Waals surface area contributed by atoms with E-state index in [9.17, 15) is 0 Å². The van der Waals surface area contributed by atoms with Crippen LogP contribution in [-0.2, 0) is 0 Å². The fourth-order valence-electron chi connectivity index (χ4n) is 1.78. The molecular formula is C12H24N2. The first kappa shape index (κ1) is 11.7. The van der Waals surface area contributed by atoms with E-state index >= 15 is 0 Å². The van der Waals surface area contributed by atoms with E-state index < -0.39 is 0 Å². The third kappa shape index (κ3) is 3.81.